The van der Waals surface area contributed by atoms with Crippen LogP contribution in [0, 0.1) is 0 Å². The van der Waals surface area contributed by atoms with Gasteiger partial charge in [0.2, 0.25) is 0 Å². The largest absolute Gasteiger partial charge is 0.327 e. The molecule has 2 atom stereocenters. The van der Waals surface area contributed by atoms with Gasteiger partial charge in [-0.25, -0.2) is 0 Å². The van der Waals surface area contributed by atoms with Crippen molar-refractivity contribution in [2.45, 2.75) is 31.2 Å². The highest BCUT2D eigenvalue weighted by Crippen LogP contribution is 2.36. The van der Waals surface area contributed by atoms with Gasteiger partial charge in [-0.2, -0.15) is 0 Å². The van der Waals surface area contributed by atoms with Crippen molar-refractivity contribution in [3.63, 3.8) is 0 Å². The topological polar surface area (TPSA) is 38.9 Å². The van der Waals surface area contributed by atoms with Gasteiger partial charge in [0.15, 0.2) is 0 Å². The highest BCUT2D eigenvalue weighted by atomic mass is 14.7. The zero-order chi connectivity index (χ0) is 11.0. The first kappa shape index (κ1) is 9.79. The van der Waals surface area contributed by atoms with Crippen LogP contribution in [0.15, 0.2) is 36.7 Å². The molecule has 1 aliphatic carbocycles. The molecule has 1 fully saturated rings. The van der Waals surface area contributed by atoms with Crippen LogP contribution < -0.4 is 5.73 Å². The molecular formula is C14H16N2. The van der Waals surface area contributed by atoms with Crippen molar-refractivity contribution in [1.82, 2.24) is 4.98 Å². The molecule has 2 unspecified atom stereocenters. The highest BCUT2D eigenvalue weighted by molar-refractivity contribution is 5.85. The third-order valence-corrected chi connectivity index (χ3v) is 3.68. The third-order valence-electron chi connectivity index (χ3n) is 3.68. The molecule has 3 rings (SSSR count). The zero-order valence-electron chi connectivity index (χ0n) is 9.26. The van der Waals surface area contributed by atoms with E-state index in [1.165, 1.54) is 29.2 Å². The minimum atomic E-state index is 0.332. The van der Waals surface area contributed by atoms with E-state index in [4.69, 9.17) is 5.73 Å². The van der Waals surface area contributed by atoms with Crippen LogP contribution in [0.3, 0.4) is 0 Å². The summed E-state index contributed by atoms with van der Waals surface area (Å²) in [7, 11) is 0. The van der Waals surface area contributed by atoms with Gasteiger partial charge < -0.3 is 5.73 Å². The van der Waals surface area contributed by atoms with E-state index in [0.717, 1.165) is 6.42 Å². The SMILES string of the molecule is NC1CCCC1c1cccc2cnccc12. The quantitative estimate of drug-likeness (QED) is 0.789. The molecule has 0 aliphatic heterocycles. The predicted octanol–water partition coefficient (Wildman–Crippen LogP) is 2.83. The van der Waals surface area contributed by atoms with Crippen LogP contribution in [-0.2, 0) is 0 Å². The third kappa shape index (κ3) is 1.50. The van der Waals surface area contributed by atoms with Gasteiger partial charge >= 0.3 is 0 Å². The second-order valence-corrected chi connectivity index (χ2v) is 4.65. The van der Waals surface area contributed by atoms with Crippen LogP contribution in [0.2, 0.25) is 0 Å². The molecule has 1 aliphatic rings. The van der Waals surface area contributed by atoms with E-state index in [9.17, 15) is 0 Å². The van der Waals surface area contributed by atoms with Crippen molar-refractivity contribution >= 4 is 10.8 Å². The molecular weight excluding hydrogens is 196 g/mol. The van der Waals surface area contributed by atoms with E-state index in [1.807, 2.05) is 12.4 Å². The Bertz CT molecular complexity index is 502. The van der Waals surface area contributed by atoms with E-state index < -0.39 is 0 Å². The molecule has 0 spiro atoms. The predicted molar refractivity (Wildman–Crippen MR) is 66.3 cm³/mol. The summed E-state index contributed by atoms with van der Waals surface area (Å²) in [6, 6.07) is 8.89. The van der Waals surface area contributed by atoms with Crippen molar-refractivity contribution in [2.75, 3.05) is 0 Å². The molecule has 1 heterocycles. The van der Waals surface area contributed by atoms with Crippen molar-refractivity contribution in [1.29, 1.82) is 0 Å². The smallest absolute Gasteiger partial charge is 0.0346 e. The van der Waals surface area contributed by atoms with Gasteiger partial charge in [-0.05, 0) is 35.8 Å². The van der Waals surface area contributed by atoms with Crippen LogP contribution in [-0.4, -0.2) is 11.0 Å². The molecule has 0 saturated heterocycles. The standard InChI is InChI=1S/C14H16N2/c15-14-6-2-5-13(14)12-4-1-3-10-9-16-8-7-11(10)12/h1,3-4,7-9,13-14H,2,5-6,15H2. The molecule has 0 amide bonds. The summed E-state index contributed by atoms with van der Waals surface area (Å²) in [4.78, 5) is 4.17. The summed E-state index contributed by atoms with van der Waals surface area (Å²) < 4.78 is 0. The molecule has 1 aromatic carbocycles. The molecule has 16 heavy (non-hydrogen) atoms. The Morgan fingerprint density at radius 3 is 2.94 bits per heavy atom. The summed E-state index contributed by atoms with van der Waals surface area (Å²) >= 11 is 0. The molecule has 82 valence electrons. The fourth-order valence-corrected chi connectivity index (χ4v) is 2.85. The number of nitrogens with zero attached hydrogens (tertiary/aromatic N) is 1. The number of nitrogens with two attached hydrogens (primary N) is 1. The fourth-order valence-electron chi connectivity index (χ4n) is 2.85. The first-order valence-corrected chi connectivity index (χ1v) is 5.94. The number of benzene rings is 1. The van der Waals surface area contributed by atoms with Crippen molar-refractivity contribution < 1.29 is 0 Å². The van der Waals surface area contributed by atoms with E-state index in [2.05, 4.69) is 29.2 Å². The lowest BCUT2D eigenvalue weighted by Gasteiger charge is -2.17. The van der Waals surface area contributed by atoms with Gasteiger partial charge in [0, 0.05) is 23.8 Å². The van der Waals surface area contributed by atoms with E-state index in [-0.39, 0.29) is 0 Å². The van der Waals surface area contributed by atoms with E-state index in [1.54, 1.807) is 0 Å². The number of hydrogen-bond acceptors (Lipinski definition) is 2. The van der Waals surface area contributed by atoms with E-state index in [0.29, 0.717) is 12.0 Å². The maximum atomic E-state index is 6.19. The number of rotatable bonds is 1. The minimum Gasteiger partial charge on any atom is -0.327 e. The highest BCUT2D eigenvalue weighted by Gasteiger charge is 2.26. The monoisotopic (exact) mass is 212 g/mol. The van der Waals surface area contributed by atoms with Gasteiger partial charge in [0.1, 0.15) is 0 Å². The van der Waals surface area contributed by atoms with Crippen molar-refractivity contribution in [3.8, 4) is 0 Å². The maximum absolute atomic E-state index is 6.19. The number of pyridine rings is 1. The Hall–Kier alpha value is -1.41. The van der Waals surface area contributed by atoms with Crippen LogP contribution in [0.4, 0.5) is 0 Å². The number of aromatic nitrogens is 1. The summed E-state index contributed by atoms with van der Waals surface area (Å²) in [5.41, 5.74) is 7.59. The number of hydrogen-bond donors (Lipinski definition) is 1. The molecule has 0 radical (unpaired) electrons. The van der Waals surface area contributed by atoms with Crippen molar-refractivity contribution in [3.05, 3.63) is 42.2 Å². The molecule has 2 aromatic rings. The summed E-state index contributed by atoms with van der Waals surface area (Å²) in [5.74, 6) is 0.533. The first-order valence-electron chi connectivity index (χ1n) is 5.94. The van der Waals surface area contributed by atoms with Crippen LogP contribution in [0.1, 0.15) is 30.7 Å². The Kier molecular flexibility index (Phi) is 2.37. The Morgan fingerprint density at radius 2 is 2.12 bits per heavy atom. The minimum absolute atomic E-state index is 0.332. The summed E-state index contributed by atoms with van der Waals surface area (Å²) in [6.45, 7) is 0. The maximum Gasteiger partial charge on any atom is 0.0346 e. The molecule has 1 saturated carbocycles. The molecule has 2 N–H and O–H groups in total. The van der Waals surface area contributed by atoms with Gasteiger partial charge in [0.05, 0.1) is 0 Å². The van der Waals surface area contributed by atoms with Crippen LogP contribution >= 0.6 is 0 Å². The molecule has 2 nitrogen and oxygen atoms in total. The number of fused-ring (bicyclic) bond motifs is 1. The normalized spacial score (nSPS) is 25.1. The average Bonchev–Trinajstić information content (AvgIpc) is 2.75. The lowest BCUT2D eigenvalue weighted by molar-refractivity contribution is 0.617. The lowest BCUT2D eigenvalue weighted by atomic mass is 9.91. The zero-order valence-corrected chi connectivity index (χ0v) is 9.26. The Balaban J connectivity index is 2.16. The van der Waals surface area contributed by atoms with Gasteiger partial charge in [-0.3, -0.25) is 4.98 Å². The fraction of sp³-hybridized carbons (Fsp3) is 0.357. The van der Waals surface area contributed by atoms with Gasteiger partial charge in [0.25, 0.3) is 0 Å². The van der Waals surface area contributed by atoms with E-state index >= 15 is 0 Å². The molecule has 1 aromatic heterocycles. The second kappa shape index (κ2) is 3.87. The van der Waals surface area contributed by atoms with Crippen LogP contribution in [0.25, 0.3) is 10.8 Å². The molecule has 0 bridgehead atoms. The Morgan fingerprint density at radius 1 is 1.19 bits per heavy atom. The average molecular weight is 212 g/mol. The molecule has 2 heteroatoms. The van der Waals surface area contributed by atoms with Crippen molar-refractivity contribution in [2.24, 2.45) is 5.73 Å². The summed E-state index contributed by atoms with van der Waals surface area (Å²) in [5, 5.41) is 2.54. The first-order chi connectivity index (χ1) is 7.86. The van der Waals surface area contributed by atoms with Gasteiger partial charge in [-0.1, -0.05) is 24.6 Å². The second-order valence-electron chi connectivity index (χ2n) is 4.65. The lowest BCUT2D eigenvalue weighted by Crippen LogP contribution is -2.22. The van der Waals surface area contributed by atoms with Crippen LogP contribution in [0.5, 0.6) is 0 Å². The van der Waals surface area contributed by atoms with Gasteiger partial charge in [-0.15, -0.1) is 0 Å². The Labute approximate surface area is 95.5 Å². The summed E-state index contributed by atoms with van der Waals surface area (Å²) in [6.07, 6.45) is 7.44.